The van der Waals surface area contributed by atoms with Crippen LogP contribution < -0.4 is 24.8 Å². The Morgan fingerprint density at radius 2 is 1.80 bits per heavy atom. The van der Waals surface area contributed by atoms with Gasteiger partial charge in [0.25, 0.3) is 0 Å². The Morgan fingerprint density at radius 1 is 1.30 bits per heavy atom. The van der Waals surface area contributed by atoms with Gasteiger partial charge < -0.3 is 24.8 Å². The third-order valence-electron chi connectivity index (χ3n) is 1.39. The summed E-state index contributed by atoms with van der Waals surface area (Å²) in [6, 6.07) is 0. The Labute approximate surface area is 86.4 Å². The van der Waals surface area contributed by atoms with Crippen molar-refractivity contribution in [2.24, 2.45) is 0 Å². The Balaban J connectivity index is 0. The van der Waals surface area contributed by atoms with Crippen LogP contribution in [0.5, 0.6) is 0 Å². The molecule has 0 nitrogen and oxygen atoms in total. The Morgan fingerprint density at radius 3 is 1.90 bits per heavy atom. The van der Waals surface area contributed by atoms with Gasteiger partial charge in [0, 0.05) is 0 Å². The van der Waals surface area contributed by atoms with Gasteiger partial charge in [-0.15, -0.1) is 0 Å². The molecule has 0 radical (unpaired) electrons. The first-order valence-electron chi connectivity index (χ1n) is 2.78. The fourth-order valence-corrected chi connectivity index (χ4v) is 1.47. The predicted molar refractivity (Wildman–Crippen MR) is 31.1 cm³/mol. The van der Waals surface area contributed by atoms with E-state index in [0.717, 1.165) is 0 Å². The second-order valence-corrected chi connectivity index (χ2v) is 3.27. The minimum Gasteiger partial charge on any atom is -1.00 e. The maximum absolute atomic E-state index is 2.26. The van der Waals surface area contributed by atoms with Crippen LogP contribution >= 0.6 is 0 Å². The normalized spacial score (nSPS) is 15.8. The molecule has 55 valence electrons. The van der Waals surface area contributed by atoms with Crippen molar-refractivity contribution in [3.8, 4) is 0 Å². The first-order valence-corrected chi connectivity index (χ1v) is 3.57. The van der Waals surface area contributed by atoms with Crippen molar-refractivity contribution in [1.82, 2.24) is 0 Å². The summed E-state index contributed by atoms with van der Waals surface area (Å²) in [5, 5.41) is 0. The molecule has 0 bridgehead atoms. The van der Waals surface area contributed by atoms with Crippen LogP contribution in [0.4, 0.5) is 0 Å². The third-order valence-corrected chi connectivity index (χ3v) is 2.29. The largest absolute Gasteiger partial charge is 1.00 e. The molecule has 0 saturated carbocycles. The summed E-state index contributed by atoms with van der Waals surface area (Å²) < 4.78 is 1.53. The van der Waals surface area contributed by atoms with E-state index in [1.807, 2.05) is 0 Å². The van der Waals surface area contributed by atoms with Crippen LogP contribution in [0.15, 0.2) is 21.1 Å². The second kappa shape index (κ2) is 5.43. The molecule has 0 saturated heterocycles. The average molecular weight is 212 g/mol. The van der Waals surface area contributed by atoms with E-state index < -0.39 is 0 Å². The molecule has 0 unspecified atom stereocenters. The van der Waals surface area contributed by atoms with Gasteiger partial charge in [0.15, 0.2) is 0 Å². The van der Waals surface area contributed by atoms with E-state index in [-0.39, 0.29) is 24.8 Å². The van der Waals surface area contributed by atoms with E-state index in [0.29, 0.717) is 0 Å². The molecule has 1 rings (SSSR count). The molecule has 0 aromatic rings. The van der Waals surface area contributed by atoms with Crippen molar-refractivity contribution in [3.63, 3.8) is 0 Å². The van der Waals surface area contributed by atoms with Crippen molar-refractivity contribution >= 4 is 0 Å². The van der Waals surface area contributed by atoms with Gasteiger partial charge in [-0.25, -0.2) is 0 Å². The molecular weight excluding hydrogens is 203 g/mol. The van der Waals surface area contributed by atoms with Crippen LogP contribution in [0.25, 0.3) is 0 Å². The molecule has 0 amide bonds. The van der Waals surface area contributed by atoms with Gasteiger partial charge in [0.05, 0.1) is 0 Å². The van der Waals surface area contributed by atoms with E-state index in [4.69, 9.17) is 0 Å². The molecule has 0 spiro atoms. The maximum atomic E-state index is 2.26. The van der Waals surface area contributed by atoms with Gasteiger partial charge in [-0.1, -0.05) is 0 Å². The summed E-state index contributed by atoms with van der Waals surface area (Å²) in [5.41, 5.74) is 2.96. The van der Waals surface area contributed by atoms with Crippen LogP contribution in [0.2, 0.25) is 0 Å². The smallest absolute Gasteiger partial charge is 1.00 e. The second-order valence-electron chi connectivity index (χ2n) is 2.33. The van der Waals surface area contributed by atoms with Gasteiger partial charge in [-0.3, -0.25) is 0 Å². The van der Waals surface area contributed by atoms with Crippen LogP contribution in [-0.2, 0) is 20.4 Å². The minimum absolute atomic E-state index is 0. The van der Waals surface area contributed by atoms with Gasteiger partial charge in [-0.2, -0.15) is 0 Å². The molecule has 10 heavy (non-hydrogen) atoms. The molecule has 3 heteroatoms. The topological polar surface area (TPSA) is 0 Å². The summed E-state index contributed by atoms with van der Waals surface area (Å²) in [7, 11) is 0. The number of hydrogen-bond donors (Lipinski definition) is 0. The van der Waals surface area contributed by atoms with Crippen LogP contribution in [0.1, 0.15) is 20.3 Å². The molecule has 0 atom stereocenters. The summed E-state index contributed by atoms with van der Waals surface area (Å²) >= 11 is 2.20. The molecule has 1 aliphatic carbocycles. The molecule has 0 fully saturated rings. The number of hydrogen-bond acceptors (Lipinski definition) is 0. The summed E-state index contributed by atoms with van der Waals surface area (Å²) in [6.07, 6.45) is 3.46. The fraction of sp³-hybridized carbons (Fsp3) is 0.429. The van der Waals surface area contributed by atoms with Crippen molar-refractivity contribution < 1.29 is 45.2 Å². The SMILES string of the molecule is CC1=CC(C)=[C]([Ti+2])C1.[Cl-].[Cl-]. The standard InChI is InChI=1S/C7H9.2ClH.Ti/c1-6-3-4-7(2)5-6;;;/h5H,3H2,1-2H3;2*1H;/q;;;+2/p-2. The third kappa shape index (κ3) is 3.25. The Kier molecular flexibility index (Phi) is 7.26. The van der Waals surface area contributed by atoms with E-state index in [9.17, 15) is 0 Å². The van der Waals surface area contributed by atoms with Crippen molar-refractivity contribution in [2.45, 2.75) is 20.3 Å². The molecule has 0 heterocycles. The fourth-order valence-electron chi connectivity index (χ4n) is 0.926. The monoisotopic (exact) mass is 211 g/mol. The summed E-state index contributed by atoms with van der Waals surface area (Å²) in [5.74, 6) is 0. The van der Waals surface area contributed by atoms with E-state index in [1.54, 1.807) is 0 Å². The summed E-state index contributed by atoms with van der Waals surface area (Å²) in [4.78, 5) is 0. The van der Waals surface area contributed by atoms with Gasteiger partial charge in [0.1, 0.15) is 0 Å². The number of rotatable bonds is 0. The quantitative estimate of drug-likeness (QED) is 0.361. The van der Waals surface area contributed by atoms with Crippen molar-refractivity contribution in [3.05, 3.63) is 21.1 Å². The van der Waals surface area contributed by atoms with Gasteiger partial charge in [-0.05, 0) is 0 Å². The number of halogens is 2. The predicted octanol–water partition coefficient (Wildman–Crippen LogP) is -3.83. The van der Waals surface area contributed by atoms with E-state index >= 15 is 0 Å². The first-order chi connectivity index (χ1) is 3.70. The number of allylic oxidation sites excluding steroid dienone is 4. The molecule has 1 aliphatic rings. The van der Waals surface area contributed by atoms with E-state index in [2.05, 4.69) is 40.4 Å². The molecule has 0 aromatic heterocycles. The van der Waals surface area contributed by atoms with Gasteiger partial charge in [0.2, 0.25) is 0 Å². The first kappa shape index (κ1) is 13.4. The zero-order chi connectivity index (χ0) is 6.15. The van der Waals surface area contributed by atoms with E-state index in [1.165, 1.54) is 21.4 Å². The zero-order valence-electron chi connectivity index (χ0n) is 6.04. The van der Waals surface area contributed by atoms with Crippen LogP contribution in [-0.4, -0.2) is 0 Å². The van der Waals surface area contributed by atoms with Crippen molar-refractivity contribution in [1.29, 1.82) is 0 Å². The minimum atomic E-state index is 0. The Hall–Kier alpha value is 0.774. The zero-order valence-corrected chi connectivity index (χ0v) is 9.11. The summed E-state index contributed by atoms with van der Waals surface area (Å²) in [6.45, 7) is 4.35. The van der Waals surface area contributed by atoms with Crippen LogP contribution in [0, 0.1) is 0 Å². The Bertz CT molecular complexity index is 170. The molecular formula is C7H9Cl2Ti. The molecule has 0 N–H and O–H groups in total. The van der Waals surface area contributed by atoms with Gasteiger partial charge >= 0.3 is 61.8 Å². The molecule has 0 aliphatic heterocycles. The molecule has 0 aromatic carbocycles. The maximum Gasteiger partial charge on any atom is -1.00 e. The average Bonchev–Trinajstić information content (AvgIpc) is 1.85. The van der Waals surface area contributed by atoms with Crippen LogP contribution in [0.3, 0.4) is 0 Å². The van der Waals surface area contributed by atoms with Crippen molar-refractivity contribution in [2.75, 3.05) is 0 Å².